The maximum Gasteiger partial charge on any atom is 0.331 e. The molecule has 2 aromatic carbocycles. The van der Waals surface area contributed by atoms with Gasteiger partial charge in [0, 0.05) is 35.5 Å². The largest absolute Gasteiger partial charge is 0.452 e. The van der Waals surface area contributed by atoms with Gasteiger partial charge in [0.15, 0.2) is 6.61 Å². The van der Waals surface area contributed by atoms with Crippen molar-refractivity contribution < 1.29 is 18.9 Å². The van der Waals surface area contributed by atoms with E-state index in [0.29, 0.717) is 5.56 Å². The van der Waals surface area contributed by atoms with Gasteiger partial charge in [0.2, 0.25) is 5.89 Å². The molecule has 10 nitrogen and oxygen atoms in total. The molecule has 0 radical (unpaired) electrons. The number of para-hydroxylation sites is 1. The van der Waals surface area contributed by atoms with Crippen LogP contribution in [0.4, 0.5) is 5.69 Å². The van der Waals surface area contributed by atoms with Crippen LogP contribution in [0.5, 0.6) is 0 Å². The molecule has 0 amide bonds. The second-order valence-electron chi connectivity index (χ2n) is 7.44. The van der Waals surface area contributed by atoms with E-state index in [2.05, 4.69) is 10.2 Å². The molecule has 11 heteroatoms. The van der Waals surface area contributed by atoms with E-state index in [1.807, 2.05) is 54.0 Å². The van der Waals surface area contributed by atoms with Crippen LogP contribution in [0.25, 0.3) is 33.8 Å². The van der Waals surface area contributed by atoms with E-state index in [1.165, 1.54) is 30.3 Å². The maximum atomic E-state index is 12.4. The minimum absolute atomic E-state index is 0.0456. The van der Waals surface area contributed by atoms with Crippen LogP contribution in [0.3, 0.4) is 0 Å². The van der Waals surface area contributed by atoms with Crippen LogP contribution in [0, 0.1) is 10.1 Å². The van der Waals surface area contributed by atoms with Gasteiger partial charge < -0.3 is 9.15 Å². The molecule has 0 aliphatic rings. The number of hydrogen-bond donors (Lipinski definition) is 0. The van der Waals surface area contributed by atoms with Gasteiger partial charge in [-0.25, -0.2) is 9.48 Å². The third-order valence-electron chi connectivity index (χ3n) is 5.05. The molecule has 3 aromatic heterocycles. The molecule has 0 aliphatic carbocycles. The minimum Gasteiger partial charge on any atom is -0.452 e. The van der Waals surface area contributed by atoms with E-state index in [-0.39, 0.29) is 24.1 Å². The molecule has 0 aliphatic heterocycles. The van der Waals surface area contributed by atoms with Crippen molar-refractivity contribution in [3.63, 3.8) is 0 Å². The average Bonchev–Trinajstić information content (AvgIpc) is 3.68. The SMILES string of the molecule is O=C(/C=C/c1cn(-c2ccccc2)nc1-c1cccs1)OCc1nnc(-c2ccc([N+](=O)[O-])cc2)o1. The summed E-state index contributed by atoms with van der Waals surface area (Å²) in [6.45, 7) is -0.218. The fraction of sp³-hybridized carbons (Fsp3) is 0.0400. The van der Waals surface area contributed by atoms with Crippen molar-refractivity contribution in [1.29, 1.82) is 0 Å². The van der Waals surface area contributed by atoms with Crippen molar-refractivity contribution >= 4 is 29.1 Å². The van der Waals surface area contributed by atoms with Gasteiger partial charge in [0.1, 0.15) is 5.69 Å². The number of ether oxygens (including phenoxy) is 1. The topological polar surface area (TPSA) is 126 Å². The number of rotatable bonds is 8. The van der Waals surface area contributed by atoms with E-state index in [0.717, 1.165) is 21.8 Å². The van der Waals surface area contributed by atoms with Gasteiger partial charge >= 0.3 is 5.97 Å². The van der Waals surface area contributed by atoms with Crippen molar-refractivity contribution in [3.05, 3.63) is 106 Å². The van der Waals surface area contributed by atoms with Gasteiger partial charge in [-0.3, -0.25) is 10.1 Å². The Morgan fingerprint density at radius 3 is 2.61 bits per heavy atom. The first-order chi connectivity index (χ1) is 17.6. The summed E-state index contributed by atoms with van der Waals surface area (Å²) in [6, 6.07) is 19.3. The zero-order valence-corrected chi connectivity index (χ0v) is 19.4. The first-order valence-electron chi connectivity index (χ1n) is 10.7. The molecular formula is C25H17N5O5S. The molecule has 0 fully saturated rings. The predicted octanol–water partition coefficient (Wildman–Crippen LogP) is 5.32. The van der Waals surface area contributed by atoms with Gasteiger partial charge in [-0.2, -0.15) is 5.10 Å². The Balaban J connectivity index is 1.26. The van der Waals surface area contributed by atoms with Gasteiger partial charge in [-0.05, 0) is 41.8 Å². The summed E-state index contributed by atoms with van der Waals surface area (Å²) in [4.78, 5) is 23.6. The molecule has 0 bridgehead atoms. The Hall–Kier alpha value is -4.90. The summed E-state index contributed by atoms with van der Waals surface area (Å²) in [5.41, 5.74) is 2.88. The fourth-order valence-corrected chi connectivity index (χ4v) is 4.05. The highest BCUT2D eigenvalue weighted by Gasteiger charge is 2.14. The normalized spacial score (nSPS) is 11.1. The van der Waals surface area contributed by atoms with Crippen molar-refractivity contribution in [1.82, 2.24) is 20.0 Å². The number of hydrogen-bond acceptors (Lipinski definition) is 9. The molecule has 5 rings (SSSR count). The fourth-order valence-electron chi connectivity index (χ4n) is 3.32. The number of nitro benzene ring substituents is 1. The molecule has 5 aromatic rings. The van der Waals surface area contributed by atoms with Crippen LogP contribution in [0.2, 0.25) is 0 Å². The van der Waals surface area contributed by atoms with E-state index in [9.17, 15) is 14.9 Å². The standard InChI is InChI=1S/C25H17N5O5S/c31-23(34-16-22-26-27-25(35-22)17-8-11-20(12-9-17)30(32)33)13-10-18-15-29(19-5-2-1-3-6-19)28-24(18)21-7-4-14-36-21/h1-15H,16H2/b13-10+. The van der Waals surface area contributed by atoms with Crippen LogP contribution in [0.1, 0.15) is 11.5 Å². The molecule has 3 heterocycles. The number of carbonyl (C=O) groups excluding carboxylic acids is 1. The number of nitrogens with zero attached hydrogens (tertiary/aromatic N) is 5. The monoisotopic (exact) mass is 499 g/mol. The lowest BCUT2D eigenvalue weighted by Gasteiger charge is -1.99. The summed E-state index contributed by atoms with van der Waals surface area (Å²) >= 11 is 1.56. The lowest BCUT2D eigenvalue weighted by atomic mass is 10.2. The van der Waals surface area contributed by atoms with Gasteiger partial charge in [-0.15, -0.1) is 21.5 Å². The number of thiophene rings is 1. The first-order valence-corrected chi connectivity index (χ1v) is 11.6. The lowest BCUT2D eigenvalue weighted by molar-refractivity contribution is -0.384. The van der Waals surface area contributed by atoms with Crippen LogP contribution in [0.15, 0.2) is 88.8 Å². The summed E-state index contributed by atoms with van der Waals surface area (Å²) < 4.78 is 12.5. The van der Waals surface area contributed by atoms with Gasteiger partial charge in [0.05, 0.1) is 15.5 Å². The van der Waals surface area contributed by atoms with E-state index in [1.54, 1.807) is 22.1 Å². The molecule has 0 spiro atoms. The second kappa shape index (κ2) is 10.2. The highest BCUT2D eigenvalue weighted by atomic mass is 32.1. The van der Waals surface area contributed by atoms with Crippen molar-refractivity contribution in [3.8, 4) is 27.7 Å². The lowest BCUT2D eigenvalue weighted by Crippen LogP contribution is -2.00. The Morgan fingerprint density at radius 1 is 1.08 bits per heavy atom. The highest BCUT2D eigenvalue weighted by Crippen LogP contribution is 2.28. The molecule has 0 atom stereocenters. The van der Waals surface area contributed by atoms with E-state index >= 15 is 0 Å². The van der Waals surface area contributed by atoms with Crippen molar-refractivity contribution in [2.24, 2.45) is 0 Å². The Morgan fingerprint density at radius 2 is 1.89 bits per heavy atom. The van der Waals surface area contributed by atoms with E-state index in [4.69, 9.17) is 14.3 Å². The molecule has 0 saturated heterocycles. The van der Waals surface area contributed by atoms with Crippen LogP contribution in [-0.2, 0) is 16.1 Å². The molecule has 36 heavy (non-hydrogen) atoms. The second-order valence-corrected chi connectivity index (χ2v) is 8.38. The van der Waals surface area contributed by atoms with E-state index < -0.39 is 10.9 Å². The van der Waals surface area contributed by atoms with Crippen LogP contribution in [-0.4, -0.2) is 30.9 Å². The Bertz CT molecular complexity index is 1520. The summed E-state index contributed by atoms with van der Waals surface area (Å²) in [5, 5.41) is 25.2. The third-order valence-corrected chi connectivity index (χ3v) is 5.92. The van der Waals surface area contributed by atoms with Crippen LogP contribution >= 0.6 is 11.3 Å². The molecular weight excluding hydrogens is 482 g/mol. The smallest absolute Gasteiger partial charge is 0.331 e. The Labute approximate surface area is 208 Å². The molecule has 178 valence electrons. The first kappa shape index (κ1) is 22.9. The number of nitro groups is 1. The maximum absolute atomic E-state index is 12.4. The van der Waals surface area contributed by atoms with Gasteiger partial charge in [-0.1, -0.05) is 24.3 Å². The number of esters is 1. The quantitative estimate of drug-likeness (QED) is 0.122. The van der Waals surface area contributed by atoms with Crippen LogP contribution < -0.4 is 0 Å². The highest BCUT2D eigenvalue weighted by molar-refractivity contribution is 7.13. The number of non-ortho nitro benzene ring substituents is 1. The van der Waals surface area contributed by atoms with Crippen molar-refractivity contribution in [2.75, 3.05) is 0 Å². The molecule has 0 saturated carbocycles. The zero-order valence-electron chi connectivity index (χ0n) is 18.6. The average molecular weight is 500 g/mol. The van der Waals surface area contributed by atoms with Crippen molar-refractivity contribution in [2.45, 2.75) is 6.61 Å². The summed E-state index contributed by atoms with van der Waals surface area (Å²) in [7, 11) is 0. The Kier molecular flexibility index (Phi) is 6.45. The predicted molar refractivity (Wildman–Crippen MR) is 132 cm³/mol. The number of benzene rings is 2. The number of aromatic nitrogens is 4. The summed E-state index contributed by atoms with van der Waals surface area (Å²) in [6.07, 6.45) is 4.82. The zero-order chi connectivity index (χ0) is 24.9. The van der Waals surface area contributed by atoms with Gasteiger partial charge in [0.25, 0.3) is 11.6 Å². The molecule has 0 unspecified atom stereocenters. The molecule has 0 N–H and O–H groups in total. The third kappa shape index (κ3) is 5.10. The number of carbonyl (C=O) groups is 1. The summed E-state index contributed by atoms with van der Waals surface area (Å²) in [5.74, 6) is -0.323. The minimum atomic E-state index is -0.588.